The van der Waals surface area contributed by atoms with E-state index in [4.69, 9.17) is 5.11 Å². The first kappa shape index (κ1) is 18.6. The molecule has 0 fully saturated rings. The number of nitrogens with one attached hydrogen (secondary N) is 2. The highest BCUT2D eigenvalue weighted by Gasteiger charge is 2.23. The minimum absolute atomic E-state index is 0.0409. The van der Waals surface area contributed by atoms with Gasteiger partial charge in [0.15, 0.2) is 0 Å². The van der Waals surface area contributed by atoms with E-state index in [9.17, 15) is 18.0 Å². The van der Waals surface area contributed by atoms with E-state index in [0.29, 0.717) is 11.3 Å². The van der Waals surface area contributed by atoms with Gasteiger partial charge >= 0.3 is 5.97 Å². The number of aliphatic carboxylic acids is 1. The molecule has 132 valence electrons. The SMILES string of the molecule is CC(=O)Nc1ccc(S(=O)(=O)NC(CC(=O)O)c2cccnc2)cc1. The molecule has 2 rings (SSSR count). The zero-order valence-electron chi connectivity index (χ0n) is 13.3. The smallest absolute Gasteiger partial charge is 0.305 e. The third-order valence-electron chi connectivity index (χ3n) is 3.25. The lowest BCUT2D eigenvalue weighted by atomic mass is 10.1. The minimum Gasteiger partial charge on any atom is -0.481 e. The molecule has 0 saturated heterocycles. The molecule has 1 atom stereocenters. The summed E-state index contributed by atoms with van der Waals surface area (Å²) in [7, 11) is -3.95. The molecule has 0 spiro atoms. The van der Waals surface area contributed by atoms with E-state index in [1.54, 1.807) is 12.1 Å². The van der Waals surface area contributed by atoms with Gasteiger partial charge < -0.3 is 10.4 Å². The molecule has 0 aliphatic carbocycles. The average Bonchev–Trinajstić information content (AvgIpc) is 2.54. The van der Waals surface area contributed by atoms with Crippen LogP contribution in [0.15, 0.2) is 53.7 Å². The molecule has 1 heterocycles. The van der Waals surface area contributed by atoms with E-state index in [1.807, 2.05) is 0 Å². The van der Waals surface area contributed by atoms with Crippen LogP contribution in [0, 0.1) is 0 Å². The summed E-state index contributed by atoms with van der Waals surface area (Å²) in [6, 6.07) is 7.80. The van der Waals surface area contributed by atoms with Crippen LogP contribution in [0.25, 0.3) is 0 Å². The van der Waals surface area contributed by atoms with Crippen molar-refractivity contribution in [2.24, 2.45) is 0 Å². The Bertz CT molecular complexity index is 851. The highest BCUT2D eigenvalue weighted by molar-refractivity contribution is 7.89. The summed E-state index contributed by atoms with van der Waals surface area (Å²) in [5.74, 6) is -1.41. The largest absolute Gasteiger partial charge is 0.481 e. The van der Waals surface area contributed by atoms with Crippen molar-refractivity contribution in [1.82, 2.24) is 9.71 Å². The van der Waals surface area contributed by atoms with Gasteiger partial charge in [0, 0.05) is 25.0 Å². The molecule has 1 aromatic heterocycles. The molecular formula is C16H17N3O5S. The molecular weight excluding hydrogens is 346 g/mol. The second kappa shape index (κ2) is 7.86. The number of nitrogens with zero attached hydrogens (tertiary/aromatic N) is 1. The van der Waals surface area contributed by atoms with Crippen molar-refractivity contribution in [1.29, 1.82) is 0 Å². The van der Waals surface area contributed by atoms with Crippen molar-refractivity contribution in [3.8, 4) is 0 Å². The lowest BCUT2D eigenvalue weighted by Gasteiger charge is -2.17. The first-order chi connectivity index (χ1) is 11.8. The molecule has 1 aromatic carbocycles. The lowest BCUT2D eigenvalue weighted by Crippen LogP contribution is -2.30. The highest BCUT2D eigenvalue weighted by Crippen LogP contribution is 2.21. The Kier molecular flexibility index (Phi) is 5.84. The fourth-order valence-corrected chi connectivity index (χ4v) is 3.38. The van der Waals surface area contributed by atoms with E-state index in [0.717, 1.165) is 0 Å². The van der Waals surface area contributed by atoms with E-state index < -0.39 is 28.5 Å². The van der Waals surface area contributed by atoms with Gasteiger partial charge in [0.25, 0.3) is 0 Å². The first-order valence-corrected chi connectivity index (χ1v) is 8.78. The molecule has 0 saturated carbocycles. The van der Waals surface area contributed by atoms with Crippen LogP contribution in [0.2, 0.25) is 0 Å². The maximum Gasteiger partial charge on any atom is 0.305 e. The van der Waals surface area contributed by atoms with Gasteiger partial charge in [-0.15, -0.1) is 0 Å². The number of benzene rings is 1. The van der Waals surface area contributed by atoms with Crippen LogP contribution in [-0.4, -0.2) is 30.4 Å². The van der Waals surface area contributed by atoms with Crippen LogP contribution in [-0.2, 0) is 19.6 Å². The Morgan fingerprint density at radius 1 is 1.20 bits per heavy atom. The molecule has 1 unspecified atom stereocenters. The van der Waals surface area contributed by atoms with Gasteiger partial charge in [-0.1, -0.05) is 6.07 Å². The van der Waals surface area contributed by atoms with Crippen LogP contribution < -0.4 is 10.0 Å². The highest BCUT2D eigenvalue weighted by atomic mass is 32.2. The molecule has 2 aromatic rings. The molecule has 1 amide bonds. The van der Waals surface area contributed by atoms with Crippen molar-refractivity contribution in [3.63, 3.8) is 0 Å². The molecule has 0 bridgehead atoms. The number of carbonyl (C=O) groups excluding carboxylic acids is 1. The summed E-state index contributed by atoms with van der Waals surface area (Å²) >= 11 is 0. The molecule has 8 nitrogen and oxygen atoms in total. The predicted molar refractivity (Wildman–Crippen MR) is 90.3 cm³/mol. The standard InChI is InChI=1S/C16H17N3O5S/c1-11(20)18-13-4-6-14(7-5-13)25(23,24)19-15(9-16(21)22)12-3-2-8-17-10-12/h2-8,10,15,19H,9H2,1H3,(H,18,20)(H,21,22). The number of pyridine rings is 1. The van der Waals surface area contributed by atoms with Crippen molar-refractivity contribution in [2.45, 2.75) is 24.3 Å². The van der Waals surface area contributed by atoms with Crippen LogP contribution in [0.4, 0.5) is 5.69 Å². The average molecular weight is 363 g/mol. The third-order valence-corrected chi connectivity index (χ3v) is 4.74. The lowest BCUT2D eigenvalue weighted by molar-refractivity contribution is -0.137. The van der Waals surface area contributed by atoms with Gasteiger partial charge in [0.05, 0.1) is 17.4 Å². The molecule has 25 heavy (non-hydrogen) atoms. The molecule has 3 N–H and O–H groups in total. The number of carboxylic acids is 1. The number of sulfonamides is 1. The van der Waals surface area contributed by atoms with Gasteiger partial charge in [-0.05, 0) is 35.9 Å². The van der Waals surface area contributed by atoms with Crippen molar-refractivity contribution >= 4 is 27.6 Å². The number of hydrogen-bond donors (Lipinski definition) is 3. The Labute approximate surface area is 145 Å². The number of anilines is 1. The quantitative estimate of drug-likeness (QED) is 0.685. The van der Waals surface area contributed by atoms with Crippen LogP contribution in [0.5, 0.6) is 0 Å². The summed E-state index contributed by atoms with van der Waals surface area (Å²) in [5.41, 5.74) is 0.907. The van der Waals surface area contributed by atoms with Gasteiger partial charge in [-0.2, -0.15) is 0 Å². The molecule has 0 radical (unpaired) electrons. The zero-order chi connectivity index (χ0) is 18.4. The van der Waals surface area contributed by atoms with Crippen LogP contribution in [0.1, 0.15) is 24.9 Å². The summed E-state index contributed by atoms with van der Waals surface area (Å²) in [4.78, 5) is 25.9. The van der Waals surface area contributed by atoms with E-state index in [1.165, 1.54) is 43.6 Å². The summed E-state index contributed by atoms with van der Waals surface area (Å²) in [6.07, 6.45) is 2.50. The van der Waals surface area contributed by atoms with Gasteiger partial charge in [0.1, 0.15) is 0 Å². The summed E-state index contributed by atoms with van der Waals surface area (Å²) in [5, 5.41) is 11.6. The van der Waals surface area contributed by atoms with E-state index in [2.05, 4.69) is 15.0 Å². The zero-order valence-corrected chi connectivity index (χ0v) is 14.2. The van der Waals surface area contributed by atoms with Gasteiger partial charge in [-0.3, -0.25) is 14.6 Å². The number of carboxylic acid groups (broad SMARTS) is 1. The normalized spacial score (nSPS) is 12.4. The Balaban J connectivity index is 2.24. The second-order valence-corrected chi connectivity index (χ2v) is 6.98. The monoisotopic (exact) mass is 363 g/mol. The van der Waals surface area contributed by atoms with E-state index in [-0.39, 0.29) is 10.8 Å². The molecule has 0 aliphatic heterocycles. The number of amides is 1. The topological polar surface area (TPSA) is 125 Å². The predicted octanol–water partition coefficient (Wildman–Crippen LogP) is 1.53. The van der Waals surface area contributed by atoms with Crippen molar-refractivity contribution in [2.75, 3.05) is 5.32 Å². The Morgan fingerprint density at radius 2 is 1.88 bits per heavy atom. The fraction of sp³-hybridized carbons (Fsp3) is 0.188. The van der Waals surface area contributed by atoms with E-state index >= 15 is 0 Å². The number of rotatable bonds is 7. The molecule has 0 aliphatic rings. The van der Waals surface area contributed by atoms with Crippen molar-refractivity contribution < 1.29 is 23.1 Å². The van der Waals surface area contributed by atoms with Gasteiger partial charge in [-0.25, -0.2) is 13.1 Å². The number of carbonyl (C=O) groups is 2. The number of hydrogen-bond acceptors (Lipinski definition) is 5. The van der Waals surface area contributed by atoms with Crippen LogP contribution >= 0.6 is 0 Å². The number of aromatic nitrogens is 1. The summed E-state index contributed by atoms with van der Waals surface area (Å²) in [6.45, 7) is 1.34. The maximum atomic E-state index is 12.5. The fourth-order valence-electron chi connectivity index (χ4n) is 2.16. The first-order valence-electron chi connectivity index (χ1n) is 7.29. The Morgan fingerprint density at radius 3 is 2.40 bits per heavy atom. The van der Waals surface area contributed by atoms with Crippen molar-refractivity contribution in [3.05, 3.63) is 54.4 Å². The molecule has 9 heteroatoms. The Hall–Kier alpha value is -2.78. The second-order valence-electron chi connectivity index (χ2n) is 5.26. The maximum absolute atomic E-state index is 12.5. The van der Waals surface area contributed by atoms with Gasteiger partial charge in [0.2, 0.25) is 15.9 Å². The summed E-state index contributed by atoms with van der Waals surface area (Å²) < 4.78 is 27.4. The van der Waals surface area contributed by atoms with Crippen LogP contribution in [0.3, 0.4) is 0 Å². The minimum atomic E-state index is -3.95. The third kappa shape index (κ3) is 5.37.